The third-order valence-electron chi connectivity index (χ3n) is 5.03. The largest absolute Gasteiger partial charge is 0.368 e. The highest BCUT2D eigenvalue weighted by molar-refractivity contribution is 5.83. The Morgan fingerprint density at radius 2 is 1.85 bits per heavy atom. The van der Waals surface area contributed by atoms with Crippen LogP contribution in [0.4, 0.5) is 11.8 Å². The highest BCUT2D eigenvalue weighted by Crippen LogP contribution is 2.26. The van der Waals surface area contributed by atoms with Gasteiger partial charge in [0.15, 0.2) is 11.5 Å². The molecule has 0 bridgehead atoms. The van der Waals surface area contributed by atoms with Gasteiger partial charge in [0.25, 0.3) is 0 Å². The van der Waals surface area contributed by atoms with Crippen LogP contribution in [-0.4, -0.2) is 44.5 Å². The molecule has 136 valence electrons. The lowest BCUT2D eigenvalue weighted by Gasteiger charge is -2.31. The average Bonchev–Trinajstić information content (AvgIpc) is 2.96. The van der Waals surface area contributed by atoms with E-state index in [1.165, 1.54) is 31.2 Å². The van der Waals surface area contributed by atoms with Crippen molar-refractivity contribution >= 4 is 22.9 Å². The van der Waals surface area contributed by atoms with Crippen molar-refractivity contribution in [1.82, 2.24) is 24.8 Å². The zero-order chi connectivity index (χ0) is 17.8. The van der Waals surface area contributed by atoms with Crippen molar-refractivity contribution in [2.45, 2.75) is 31.7 Å². The molecule has 0 amide bonds. The number of hydrogen-bond acceptors (Lipinski definition) is 6. The monoisotopic (exact) mass is 351 g/mol. The molecule has 3 aromatic rings. The van der Waals surface area contributed by atoms with Gasteiger partial charge in [-0.2, -0.15) is 9.97 Å². The smallest absolute Gasteiger partial charge is 0.224 e. The van der Waals surface area contributed by atoms with E-state index in [1.54, 1.807) is 6.33 Å². The van der Waals surface area contributed by atoms with Crippen LogP contribution in [0.15, 0.2) is 36.7 Å². The number of hydrogen-bond donors (Lipinski definition) is 3. The predicted molar refractivity (Wildman–Crippen MR) is 104 cm³/mol. The van der Waals surface area contributed by atoms with Crippen LogP contribution in [0.3, 0.4) is 0 Å². The lowest BCUT2D eigenvalue weighted by atomic mass is 10.0. The van der Waals surface area contributed by atoms with Crippen LogP contribution < -0.4 is 11.1 Å². The van der Waals surface area contributed by atoms with Crippen molar-refractivity contribution in [2.75, 3.05) is 30.7 Å². The SMILES string of the molecule is Nc1nc(NCC(c2ccccc2)N2CCCCCC2)c2[nH]cnc2n1. The van der Waals surface area contributed by atoms with Crippen LogP contribution >= 0.6 is 0 Å². The molecule has 0 saturated carbocycles. The predicted octanol–water partition coefficient (Wildman–Crippen LogP) is 2.96. The molecule has 1 aromatic carbocycles. The molecule has 1 atom stereocenters. The first-order valence-corrected chi connectivity index (χ1v) is 9.31. The van der Waals surface area contributed by atoms with Crippen molar-refractivity contribution in [1.29, 1.82) is 0 Å². The number of rotatable bonds is 5. The van der Waals surface area contributed by atoms with Gasteiger partial charge in [-0.05, 0) is 31.5 Å². The lowest BCUT2D eigenvalue weighted by Crippen LogP contribution is -2.34. The van der Waals surface area contributed by atoms with Crippen LogP contribution in [0, 0.1) is 0 Å². The molecule has 4 rings (SSSR count). The fourth-order valence-corrected chi connectivity index (χ4v) is 3.71. The molecule has 26 heavy (non-hydrogen) atoms. The third-order valence-corrected chi connectivity index (χ3v) is 5.03. The minimum atomic E-state index is 0.234. The van der Waals surface area contributed by atoms with E-state index in [0.29, 0.717) is 17.5 Å². The summed E-state index contributed by atoms with van der Waals surface area (Å²) in [5.74, 6) is 0.943. The minimum absolute atomic E-state index is 0.234. The van der Waals surface area contributed by atoms with Crippen molar-refractivity contribution in [2.24, 2.45) is 0 Å². The van der Waals surface area contributed by atoms with Gasteiger partial charge in [0.05, 0.1) is 12.4 Å². The molecule has 1 aliphatic rings. The summed E-state index contributed by atoms with van der Waals surface area (Å²) in [5, 5.41) is 3.49. The third kappa shape index (κ3) is 3.62. The Hall–Kier alpha value is -2.67. The van der Waals surface area contributed by atoms with Gasteiger partial charge in [0.1, 0.15) is 5.52 Å². The molecular formula is C19H25N7. The number of aromatic nitrogens is 4. The Balaban J connectivity index is 1.59. The molecule has 0 radical (unpaired) electrons. The molecule has 7 heteroatoms. The maximum atomic E-state index is 5.84. The molecule has 3 heterocycles. The second-order valence-corrected chi connectivity index (χ2v) is 6.79. The number of anilines is 2. The fourth-order valence-electron chi connectivity index (χ4n) is 3.71. The van der Waals surface area contributed by atoms with E-state index in [9.17, 15) is 0 Å². The van der Waals surface area contributed by atoms with Crippen LogP contribution in [0.2, 0.25) is 0 Å². The number of likely N-dealkylation sites (tertiary alicyclic amines) is 1. The van der Waals surface area contributed by atoms with Gasteiger partial charge >= 0.3 is 0 Å². The number of nitrogens with two attached hydrogens (primary N) is 1. The van der Waals surface area contributed by atoms with E-state index in [2.05, 4.69) is 60.5 Å². The molecule has 0 aliphatic carbocycles. The van der Waals surface area contributed by atoms with Crippen LogP contribution in [-0.2, 0) is 0 Å². The Labute approximate surface area is 153 Å². The summed E-state index contributed by atoms with van der Waals surface area (Å²) in [4.78, 5) is 18.4. The molecule has 0 spiro atoms. The van der Waals surface area contributed by atoms with E-state index in [1.807, 2.05) is 0 Å². The number of nitrogen functional groups attached to an aromatic ring is 1. The van der Waals surface area contributed by atoms with Crippen molar-refractivity contribution in [3.8, 4) is 0 Å². The number of nitrogens with one attached hydrogen (secondary N) is 2. The highest BCUT2D eigenvalue weighted by Gasteiger charge is 2.22. The van der Waals surface area contributed by atoms with Gasteiger partial charge in [-0.15, -0.1) is 0 Å². The van der Waals surface area contributed by atoms with Gasteiger partial charge in [0, 0.05) is 6.54 Å². The normalized spacial score (nSPS) is 17.1. The number of fused-ring (bicyclic) bond motifs is 1. The summed E-state index contributed by atoms with van der Waals surface area (Å²) in [6, 6.07) is 11.0. The van der Waals surface area contributed by atoms with Crippen LogP contribution in [0.5, 0.6) is 0 Å². The summed E-state index contributed by atoms with van der Waals surface area (Å²) >= 11 is 0. The van der Waals surface area contributed by atoms with Gasteiger partial charge in [0.2, 0.25) is 5.95 Å². The van der Waals surface area contributed by atoms with Crippen molar-refractivity contribution in [3.05, 3.63) is 42.2 Å². The van der Waals surface area contributed by atoms with Gasteiger partial charge in [-0.25, -0.2) is 4.98 Å². The van der Waals surface area contributed by atoms with Crippen molar-refractivity contribution < 1.29 is 0 Å². The Morgan fingerprint density at radius 1 is 1.08 bits per heavy atom. The molecule has 1 aliphatic heterocycles. The molecule has 2 aromatic heterocycles. The molecule has 1 fully saturated rings. The van der Waals surface area contributed by atoms with E-state index in [-0.39, 0.29) is 5.95 Å². The first-order chi connectivity index (χ1) is 12.8. The zero-order valence-electron chi connectivity index (χ0n) is 14.9. The zero-order valence-corrected chi connectivity index (χ0v) is 14.9. The first kappa shape index (κ1) is 16.8. The van der Waals surface area contributed by atoms with Crippen molar-refractivity contribution in [3.63, 3.8) is 0 Å². The number of aromatic amines is 1. The average molecular weight is 351 g/mol. The summed E-state index contributed by atoms with van der Waals surface area (Å²) in [7, 11) is 0. The maximum absolute atomic E-state index is 5.84. The molecule has 7 nitrogen and oxygen atoms in total. The topological polar surface area (TPSA) is 95.8 Å². The number of imidazole rings is 1. The van der Waals surface area contributed by atoms with Gasteiger partial charge < -0.3 is 16.0 Å². The number of nitrogens with zero attached hydrogens (tertiary/aromatic N) is 4. The van der Waals surface area contributed by atoms with E-state index >= 15 is 0 Å². The summed E-state index contributed by atoms with van der Waals surface area (Å²) in [5.41, 5.74) is 8.54. The van der Waals surface area contributed by atoms with Gasteiger partial charge in [-0.3, -0.25) is 4.90 Å². The minimum Gasteiger partial charge on any atom is -0.368 e. The summed E-state index contributed by atoms with van der Waals surface area (Å²) in [6.45, 7) is 3.02. The first-order valence-electron chi connectivity index (χ1n) is 9.31. The molecule has 4 N–H and O–H groups in total. The Bertz CT molecular complexity index is 837. The number of H-pyrrole nitrogens is 1. The van der Waals surface area contributed by atoms with E-state index in [4.69, 9.17) is 5.73 Å². The van der Waals surface area contributed by atoms with Gasteiger partial charge in [-0.1, -0.05) is 43.2 Å². The molecule has 1 saturated heterocycles. The second-order valence-electron chi connectivity index (χ2n) is 6.79. The highest BCUT2D eigenvalue weighted by atomic mass is 15.2. The van der Waals surface area contributed by atoms with Crippen LogP contribution in [0.25, 0.3) is 11.2 Å². The second kappa shape index (κ2) is 7.70. The number of benzene rings is 1. The Morgan fingerprint density at radius 3 is 2.62 bits per heavy atom. The maximum Gasteiger partial charge on any atom is 0.224 e. The Kier molecular flexibility index (Phi) is 4.97. The van der Waals surface area contributed by atoms with E-state index in [0.717, 1.165) is 25.2 Å². The lowest BCUT2D eigenvalue weighted by molar-refractivity contribution is 0.213. The molecule has 1 unspecified atom stereocenters. The summed E-state index contributed by atoms with van der Waals surface area (Å²) < 4.78 is 0. The fraction of sp³-hybridized carbons (Fsp3) is 0.421. The summed E-state index contributed by atoms with van der Waals surface area (Å²) in [6.07, 6.45) is 6.78. The molecular weight excluding hydrogens is 326 g/mol. The standard InChI is InChI=1S/C19H25N7/c20-19-24-17(16-18(25-19)23-13-22-16)21-12-15(14-8-4-3-5-9-14)26-10-6-1-2-7-11-26/h3-5,8-9,13,15H,1-2,6-7,10-12H2,(H4,20,21,22,23,24,25). The quantitative estimate of drug-likeness (QED) is 0.654. The van der Waals surface area contributed by atoms with Crippen LogP contribution in [0.1, 0.15) is 37.3 Å². The van der Waals surface area contributed by atoms with E-state index < -0.39 is 0 Å².